The van der Waals surface area contributed by atoms with Gasteiger partial charge in [-0.3, -0.25) is 0 Å². The molecular weight excluding hydrogens is 292 g/mol. The van der Waals surface area contributed by atoms with Crippen LogP contribution < -0.4 is 10.6 Å². The second kappa shape index (κ2) is 7.36. The standard InChI is InChI=1S/C15H18ClNP2/c1-13(2)17(18-16)19(14-9-5-3-6-10-14)15-11-7-4-8-12-15/h3-13,18H,1-2H3. The van der Waals surface area contributed by atoms with Crippen LogP contribution in [0.25, 0.3) is 0 Å². The summed E-state index contributed by atoms with van der Waals surface area (Å²) in [6.45, 7) is 4.41. The van der Waals surface area contributed by atoms with Crippen LogP contribution in [-0.4, -0.2) is 10.5 Å². The Hall–Kier alpha value is -0.450. The third-order valence-electron chi connectivity index (χ3n) is 2.79. The van der Waals surface area contributed by atoms with Crippen LogP contribution in [0.5, 0.6) is 0 Å². The number of halogens is 1. The number of nitrogens with zero attached hydrogens (tertiary/aromatic N) is 1. The summed E-state index contributed by atoms with van der Waals surface area (Å²) in [5.41, 5.74) is 0. The fourth-order valence-electron chi connectivity index (χ4n) is 1.90. The minimum Gasteiger partial charge on any atom is -0.239 e. The molecule has 0 N–H and O–H groups in total. The van der Waals surface area contributed by atoms with Crippen LogP contribution in [0.4, 0.5) is 0 Å². The second-order valence-electron chi connectivity index (χ2n) is 4.51. The number of hydrogen-bond donors (Lipinski definition) is 0. The molecule has 0 bridgehead atoms. The molecule has 4 heteroatoms. The van der Waals surface area contributed by atoms with Gasteiger partial charge in [0.25, 0.3) is 0 Å². The van der Waals surface area contributed by atoms with Gasteiger partial charge in [0.1, 0.15) is 0 Å². The van der Waals surface area contributed by atoms with Gasteiger partial charge < -0.3 is 0 Å². The maximum atomic E-state index is 6.23. The largest absolute Gasteiger partial charge is 0.239 e. The molecule has 2 aromatic carbocycles. The molecule has 0 radical (unpaired) electrons. The molecular formula is C15H18ClNP2. The first-order valence-corrected chi connectivity index (χ1v) is 9.55. The summed E-state index contributed by atoms with van der Waals surface area (Å²) in [7, 11) is -0.245. The van der Waals surface area contributed by atoms with Gasteiger partial charge in [-0.2, -0.15) is 0 Å². The van der Waals surface area contributed by atoms with E-state index in [1.54, 1.807) is 0 Å². The second-order valence-corrected chi connectivity index (χ2v) is 8.13. The van der Waals surface area contributed by atoms with E-state index >= 15 is 0 Å². The average molecular weight is 310 g/mol. The molecule has 0 aliphatic rings. The first-order chi connectivity index (χ1) is 9.24. The van der Waals surface area contributed by atoms with E-state index in [9.17, 15) is 0 Å². The van der Waals surface area contributed by atoms with Gasteiger partial charge in [0.2, 0.25) is 0 Å². The van der Waals surface area contributed by atoms with Crippen LogP contribution >= 0.6 is 27.4 Å². The summed E-state index contributed by atoms with van der Waals surface area (Å²) >= 11 is 6.23. The Morgan fingerprint density at radius 3 is 1.63 bits per heavy atom. The molecule has 100 valence electrons. The summed E-state index contributed by atoms with van der Waals surface area (Å²) in [6, 6.07) is 21.8. The molecule has 0 fully saturated rings. The molecule has 0 spiro atoms. The maximum absolute atomic E-state index is 6.23. The SMILES string of the molecule is CC(C)N(PCl)P(c1ccccc1)c1ccccc1. The quantitative estimate of drug-likeness (QED) is 0.735. The van der Waals surface area contributed by atoms with Gasteiger partial charge >= 0.3 is 0 Å². The smallest absolute Gasteiger partial charge is 0.0522 e. The summed E-state index contributed by atoms with van der Waals surface area (Å²) in [5.74, 6) is 0. The van der Waals surface area contributed by atoms with Crippen molar-refractivity contribution >= 4 is 38.0 Å². The first-order valence-electron chi connectivity index (χ1n) is 6.29. The average Bonchev–Trinajstić information content (AvgIpc) is 2.46. The van der Waals surface area contributed by atoms with Gasteiger partial charge in [-0.25, -0.2) is 4.44 Å². The zero-order valence-electron chi connectivity index (χ0n) is 11.1. The molecule has 2 rings (SSSR count). The lowest BCUT2D eigenvalue weighted by Crippen LogP contribution is -2.27. The zero-order chi connectivity index (χ0) is 13.7. The molecule has 0 saturated heterocycles. The van der Waals surface area contributed by atoms with Gasteiger partial charge in [0, 0.05) is 14.1 Å². The fraction of sp³-hybridized carbons (Fsp3) is 0.200. The molecule has 0 saturated carbocycles. The van der Waals surface area contributed by atoms with E-state index in [4.69, 9.17) is 11.2 Å². The van der Waals surface area contributed by atoms with Crippen molar-refractivity contribution in [1.82, 2.24) is 4.44 Å². The highest BCUT2D eigenvalue weighted by atomic mass is 35.7. The highest BCUT2D eigenvalue weighted by Crippen LogP contribution is 2.49. The lowest BCUT2D eigenvalue weighted by molar-refractivity contribution is 0.589. The molecule has 0 heterocycles. The molecule has 0 aliphatic heterocycles. The molecule has 1 nitrogen and oxygen atoms in total. The van der Waals surface area contributed by atoms with Crippen LogP contribution in [0.2, 0.25) is 0 Å². The van der Waals surface area contributed by atoms with Crippen molar-refractivity contribution in [2.45, 2.75) is 19.9 Å². The van der Waals surface area contributed by atoms with Crippen LogP contribution in [0, 0.1) is 0 Å². The topological polar surface area (TPSA) is 3.24 Å². The van der Waals surface area contributed by atoms with Crippen molar-refractivity contribution in [2.24, 2.45) is 0 Å². The van der Waals surface area contributed by atoms with Crippen molar-refractivity contribution in [1.29, 1.82) is 0 Å². The Balaban J connectivity index is 2.45. The van der Waals surface area contributed by atoms with Crippen molar-refractivity contribution in [3.05, 3.63) is 60.7 Å². The predicted octanol–water partition coefficient (Wildman–Crippen LogP) is 4.49. The van der Waals surface area contributed by atoms with Gasteiger partial charge in [-0.05, 0) is 24.5 Å². The third kappa shape index (κ3) is 3.77. The lowest BCUT2D eigenvalue weighted by Gasteiger charge is -2.33. The number of benzene rings is 2. The molecule has 0 amide bonds. The Labute approximate surface area is 123 Å². The summed E-state index contributed by atoms with van der Waals surface area (Å²) in [6.07, 6.45) is 0. The van der Waals surface area contributed by atoms with Crippen LogP contribution in [0.1, 0.15) is 13.8 Å². The Morgan fingerprint density at radius 1 is 0.895 bits per heavy atom. The summed E-state index contributed by atoms with van der Waals surface area (Å²) < 4.78 is 2.39. The molecule has 0 aliphatic carbocycles. The van der Waals surface area contributed by atoms with Crippen molar-refractivity contribution in [2.75, 3.05) is 0 Å². The van der Waals surface area contributed by atoms with Crippen LogP contribution in [0.3, 0.4) is 0 Å². The maximum Gasteiger partial charge on any atom is 0.0522 e. The van der Waals surface area contributed by atoms with Crippen LogP contribution in [-0.2, 0) is 0 Å². The van der Waals surface area contributed by atoms with E-state index in [-0.39, 0.29) is 0 Å². The highest BCUT2D eigenvalue weighted by molar-refractivity contribution is 7.82. The predicted molar refractivity (Wildman–Crippen MR) is 90.2 cm³/mol. The Kier molecular flexibility index (Phi) is 5.79. The van der Waals surface area contributed by atoms with E-state index in [2.05, 4.69) is 79.0 Å². The zero-order valence-corrected chi connectivity index (χ0v) is 13.8. The van der Waals surface area contributed by atoms with Gasteiger partial charge in [0.15, 0.2) is 0 Å². The Bertz CT molecular complexity index is 451. The highest BCUT2D eigenvalue weighted by Gasteiger charge is 2.23. The molecule has 2 aromatic rings. The summed E-state index contributed by atoms with van der Waals surface area (Å²) in [5, 5.41) is 2.70. The van der Waals surface area contributed by atoms with E-state index in [1.165, 1.54) is 10.6 Å². The Morgan fingerprint density at radius 2 is 1.32 bits per heavy atom. The monoisotopic (exact) mass is 309 g/mol. The summed E-state index contributed by atoms with van der Waals surface area (Å²) in [4.78, 5) is 0. The molecule has 1 unspecified atom stereocenters. The van der Waals surface area contributed by atoms with E-state index in [0.29, 0.717) is 14.1 Å². The minimum atomic E-state index is -0.540. The van der Waals surface area contributed by atoms with E-state index in [0.717, 1.165) is 0 Å². The van der Waals surface area contributed by atoms with Gasteiger partial charge in [0.05, 0.1) is 8.08 Å². The first kappa shape index (κ1) is 14.9. The van der Waals surface area contributed by atoms with Gasteiger partial charge in [-0.1, -0.05) is 71.9 Å². The van der Waals surface area contributed by atoms with Crippen LogP contribution in [0.15, 0.2) is 60.7 Å². The molecule has 1 atom stereocenters. The molecule has 19 heavy (non-hydrogen) atoms. The van der Waals surface area contributed by atoms with Gasteiger partial charge in [-0.15, -0.1) is 0 Å². The third-order valence-corrected chi connectivity index (χ3v) is 7.75. The lowest BCUT2D eigenvalue weighted by atomic mass is 10.4. The normalized spacial score (nSPS) is 12.1. The fourth-order valence-corrected chi connectivity index (χ4v) is 6.53. The van der Waals surface area contributed by atoms with E-state index < -0.39 is 8.07 Å². The number of hydrogen-bond acceptors (Lipinski definition) is 1. The van der Waals surface area contributed by atoms with Crippen molar-refractivity contribution in [3.63, 3.8) is 0 Å². The van der Waals surface area contributed by atoms with Crippen molar-refractivity contribution < 1.29 is 0 Å². The van der Waals surface area contributed by atoms with E-state index in [1.807, 2.05) is 0 Å². The minimum absolute atomic E-state index is 0.295. The number of rotatable bonds is 5. The molecule has 0 aromatic heterocycles. The van der Waals surface area contributed by atoms with Crippen molar-refractivity contribution in [3.8, 4) is 0 Å².